The molecule has 0 aliphatic carbocycles. The predicted octanol–water partition coefficient (Wildman–Crippen LogP) is 1.59. The van der Waals surface area contributed by atoms with E-state index in [9.17, 15) is 13.2 Å². The highest BCUT2D eigenvalue weighted by Gasteiger charge is 2.22. The van der Waals surface area contributed by atoms with E-state index in [0.717, 1.165) is 17.4 Å². The Hall–Kier alpha value is -1.87. The molecule has 2 aromatic rings. The zero-order chi connectivity index (χ0) is 14.2. The number of hydrogen-bond donors (Lipinski definition) is 3. The molecule has 0 aliphatic heterocycles. The molecule has 0 aliphatic rings. The average molecular weight is 301 g/mol. The van der Waals surface area contributed by atoms with E-state index in [0.29, 0.717) is 10.6 Å². The number of aromatic carboxylic acids is 1. The largest absolute Gasteiger partial charge is 0.477 e. The van der Waals surface area contributed by atoms with Gasteiger partial charge in [-0.15, -0.1) is 11.3 Å². The Kier molecular flexibility index (Phi) is 3.33. The van der Waals surface area contributed by atoms with Gasteiger partial charge in [0.2, 0.25) is 0 Å². The third-order valence-electron chi connectivity index (χ3n) is 2.32. The zero-order valence-corrected chi connectivity index (χ0v) is 11.7. The zero-order valence-electron chi connectivity index (χ0n) is 10.1. The number of carboxylic acid groups (broad SMARTS) is 1. The van der Waals surface area contributed by atoms with E-state index in [1.54, 1.807) is 13.8 Å². The van der Waals surface area contributed by atoms with Crippen LogP contribution in [0.25, 0.3) is 0 Å². The summed E-state index contributed by atoms with van der Waals surface area (Å²) in [5.41, 5.74) is 0.714. The van der Waals surface area contributed by atoms with E-state index in [1.165, 1.54) is 6.07 Å². The number of nitrogens with one attached hydrogen (secondary N) is 2. The molecule has 0 bridgehead atoms. The Morgan fingerprint density at radius 3 is 2.58 bits per heavy atom. The van der Waals surface area contributed by atoms with Crippen molar-refractivity contribution in [3.8, 4) is 0 Å². The van der Waals surface area contributed by atoms with Gasteiger partial charge in [-0.25, -0.2) is 13.2 Å². The number of hydrogen-bond acceptors (Lipinski definition) is 5. The number of anilines is 1. The van der Waals surface area contributed by atoms with Crippen molar-refractivity contribution in [3.05, 3.63) is 27.6 Å². The highest BCUT2D eigenvalue weighted by Crippen LogP contribution is 2.27. The SMILES string of the molecule is Cc1cc(NS(=O)(=O)c2cc(C(=O)O)sc2C)n[nH]1. The topological polar surface area (TPSA) is 112 Å². The Balaban J connectivity index is 2.37. The van der Waals surface area contributed by atoms with Gasteiger partial charge in [-0.1, -0.05) is 0 Å². The minimum absolute atomic E-state index is 0.0175. The lowest BCUT2D eigenvalue weighted by molar-refractivity contribution is 0.0702. The van der Waals surface area contributed by atoms with Crippen molar-refractivity contribution >= 4 is 33.1 Å². The molecule has 0 spiro atoms. The molecule has 3 N–H and O–H groups in total. The summed E-state index contributed by atoms with van der Waals surface area (Å²) in [6.07, 6.45) is 0. The van der Waals surface area contributed by atoms with E-state index in [4.69, 9.17) is 5.11 Å². The smallest absolute Gasteiger partial charge is 0.345 e. The van der Waals surface area contributed by atoms with Gasteiger partial charge in [0.05, 0.1) is 0 Å². The van der Waals surface area contributed by atoms with Gasteiger partial charge in [-0.2, -0.15) is 5.10 Å². The van der Waals surface area contributed by atoms with Gasteiger partial charge in [0.1, 0.15) is 9.77 Å². The fraction of sp³-hybridized carbons (Fsp3) is 0.200. The first-order valence-corrected chi connectivity index (χ1v) is 7.48. The summed E-state index contributed by atoms with van der Waals surface area (Å²) in [5.74, 6) is -0.981. The monoisotopic (exact) mass is 301 g/mol. The van der Waals surface area contributed by atoms with Crippen LogP contribution in [0.1, 0.15) is 20.2 Å². The molecule has 0 amide bonds. The summed E-state index contributed by atoms with van der Waals surface area (Å²) in [6.45, 7) is 3.30. The van der Waals surface area contributed by atoms with Crippen molar-refractivity contribution in [2.24, 2.45) is 0 Å². The minimum atomic E-state index is -3.83. The second kappa shape index (κ2) is 4.67. The second-order valence-electron chi connectivity index (χ2n) is 3.88. The van der Waals surface area contributed by atoms with Gasteiger partial charge in [-0.05, 0) is 19.9 Å². The number of aromatic amines is 1. The standard InChI is InChI=1S/C10H11N3O4S2/c1-5-3-9(12-11-5)13-19(16,17)8-4-7(10(14)15)18-6(8)2/h3-4H,1-2H3,(H,14,15)(H2,11,12,13). The van der Waals surface area contributed by atoms with Crippen LogP contribution in [0.4, 0.5) is 5.82 Å². The van der Waals surface area contributed by atoms with Crippen LogP contribution in [0.2, 0.25) is 0 Å². The van der Waals surface area contributed by atoms with Crippen LogP contribution in [0.5, 0.6) is 0 Å². The molecule has 7 nitrogen and oxygen atoms in total. The van der Waals surface area contributed by atoms with Crippen molar-refractivity contribution in [2.75, 3.05) is 4.72 Å². The number of thiophene rings is 1. The third-order valence-corrected chi connectivity index (χ3v) is 4.97. The summed E-state index contributed by atoms with van der Waals surface area (Å²) in [6, 6.07) is 2.68. The number of sulfonamides is 1. The lowest BCUT2D eigenvalue weighted by Gasteiger charge is -2.03. The average Bonchev–Trinajstić information content (AvgIpc) is 2.85. The van der Waals surface area contributed by atoms with Gasteiger partial charge >= 0.3 is 5.97 Å². The van der Waals surface area contributed by atoms with Crippen LogP contribution in [-0.4, -0.2) is 29.7 Å². The number of carbonyl (C=O) groups is 1. The molecular weight excluding hydrogens is 290 g/mol. The lowest BCUT2D eigenvalue weighted by Crippen LogP contribution is -2.13. The molecule has 0 unspecified atom stereocenters. The molecular formula is C10H11N3O4S2. The maximum atomic E-state index is 12.1. The summed E-state index contributed by atoms with van der Waals surface area (Å²) in [5, 5.41) is 15.2. The molecule has 2 rings (SSSR count). The first-order valence-electron chi connectivity index (χ1n) is 5.18. The lowest BCUT2D eigenvalue weighted by atomic mass is 10.4. The van der Waals surface area contributed by atoms with Gasteiger partial charge in [0.15, 0.2) is 5.82 Å². The molecule has 0 atom stereocenters. The Morgan fingerprint density at radius 1 is 1.42 bits per heavy atom. The Bertz CT molecular complexity index is 730. The molecule has 0 fully saturated rings. The van der Waals surface area contributed by atoms with Crippen LogP contribution in [0.3, 0.4) is 0 Å². The highest BCUT2D eigenvalue weighted by molar-refractivity contribution is 7.93. The highest BCUT2D eigenvalue weighted by atomic mass is 32.2. The molecule has 9 heteroatoms. The van der Waals surface area contributed by atoms with Crippen molar-refractivity contribution < 1.29 is 18.3 Å². The fourth-order valence-electron chi connectivity index (χ4n) is 1.50. The second-order valence-corrected chi connectivity index (χ2v) is 6.79. The van der Waals surface area contributed by atoms with Crippen molar-refractivity contribution in [1.82, 2.24) is 10.2 Å². The van der Waals surface area contributed by atoms with E-state index < -0.39 is 16.0 Å². The van der Waals surface area contributed by atoms with Crippen LogP contribution < -0.4 is 4.72 Å². The maximum absolute atomic E-state index is 12.1. The first-order chi connectivity index (χ1) is 8.79. The fourth-order valence-corrected chi connectivity index (χ4v) is 3.92. The van der Waals surface area contributed by atoms with Gasteiger partial charge in [-0.3, -0.25) is 9.82 Å². The van der Waals surface area contributed by atoms with Crippen molar-refractivity contribution in [2.45, 2.75) is 18.7 Å². The minimum Gasteiger partial charge on any atom is -0.477 e. The summed E-state index contributed by atoms with van der Waals surface area (Å²) in [7, 11) is -3.83. The Morgan fingerprint density at radius 2 is 2.11 bits per heavy atom. The molecule has 0 aromatic carbocycles. The summed E-state index contributed by atoms with van der Waals surface area (Å²) < 4.78 is 26.5. The van der Waals surface area contributed by atoms with Crippen LogP contribution in [-0.2, 0) is 10.0 Å². The molecule has 0 saturated carbocycles. The quantitative estimate of drug-likeness (QED) is 0.793. The summed E-state index contributed by atoms with van der Waals surface area (Å²) >= 11 is 0.918. The van der Waals surface area contributed by atoms with E-state index in [2.05, 4.69) is 14.9 Å². The van der Waals surface area contributed by atoms with Gasteiger partial charge < -0.3 is 5.11 Å². The molecule has 2 aromatic heterocycles. The first kappa shape index (κ1) is 13.6. The predicted molar refractivity (Wildman–Crippen MR) is 70.1 cm³/mol. The molecule has 0 saturated heterocycles. The number of aromatic nitrogens is 2. The normalized spacial score (nSPS) is 11.5. The van der Waals surface area contributed by atoms with E-state index >= 15 is 0 Å². The number of rotatable bonds is 4. The van der Waals surface area contributed by atoms with Crippen LogP contribution >= 0.6 is 11.3 Å². The number of aryl methyl sites for hydroxylation is 2. The van der Waals surface area contributed by atoms with Gasteiger partial charge in [0.25, 0.3) is 10.0 Å². The van der Waals surface area contributed by atoms with E-state index in [1.807, 2.05) is 0 Å². The van der Waals surface area contributed by atoms with Gasteiger partial charge in [0, 0.05) is 16.6 Å². The Labute approximate surface area is 113 Å². The number of carboxylic acids is 1. The van der Waals surface area contributed by atoms with Crippen molar-refractivity contribution in [1.29, 1.82) is 0 Å². The van der Waals surface area contributed by atoms with Crippen molar-refractivity contribution in [3.63, 3.8) is 0 Å². The maximum Gasteiger partial charge on any atom is 0.345 e. The number of H-pyrrole nitrogens is 1. The molecule has 19 heavy (non-hydrogen) atoms. The molecule has 0 radical (unpaired) electrons. The number of nitrogens with zero attached hydrogens (tertiary/aromatic N) is 1. The van der Waals surface area contributed by atoms with Crippen LogP contribution in [0, 0.1) is 13.8 Å². The molecule has 2 heterocycles. The third kappa shape index (κ3) is 2.76. The van der Waals surface area contributed by atoms with Crippen LogP contribution in [0.15, 0.2) is 17.0 Å². The van der Waals surface area contributed by atoms with E-state index in [-0.39, 0.29) is 15.6 Å². The summed E-state index contributed by atoms with van der Waals surface area (Å²) in [4.78, 5) is 11.2. The molecule has 102 valence electrons.